The summed E-state index contributed by atoms with van der Waals surface area (Å²) in [5.41, 5.74) is 9.19. The van der Waals surface area contributed by atoms with E-state index in [9.17, 15) is 0 Å². The second kappa shape index (κ2) is 8.39. The molecule has 2 saturated heterocycles. The molecule has 3 rings (SSSR count). The molecule has 0 N–H and O–H groups in total. The lowest BCUT2D eigenvalue weighted by Gasteiger charge is -2.36. The first kappa shape index (κ1) is 19.8. The minimum absolute atomic E-state index is 1.09. The van der Waals surface area contributed by atoms with Crippen LogP contribution in [0.2, 0.25) is 0 Å². The van der Waals surface area contributed by atoms with Crippen molar-refractivity contribution in [3.63, 3.8) is 0 Å². The van der Waals surface area contributed by atoms with Crippen LogP contribution < -0.4 is 0 Å². The van der Waals surface area contributed by atoms with E-state index < -0.39 is 0 Å². The normalized spacial score (nSPS) is 21.5. The van der Waals surface area contributed by atoms with E-state index in [2.05, 4.69) is 61.4 Å². The van der Waals surface area contributed by atoms with Crippen molar-refractivity contribution in [3.05, 3.63) is 33.4 Å². The molecule has 1 aromatic rings. The van der Waals surface area contributed by atoms with Gasteiger partial charge >= 0.3 is 0 Å². The highest BCUT2D eigenvalue weighted by Gasteiger charge is 2.22. The average molecular weight is 359 g/mol. The van der Waals surface area contributed by atoms with Crippen molar-refractivity contribution >= 4 is 0 Å². The molecule has 0 aliphatic carbocycles. The standard InChI is InChI=1S/C22H38N4/c1-17-18(2)22(14-26-12-8-10-24(6)16-26)20(4)19(3)21(17)13-25-11-7-9-23(5)15-25/h7-16H2,1-6H3. The Kier molecular flexibility index (Phi) is 6.39. The van der Waals surface area contributed by atoms with Crippen LogP contribution in [0, 0.1) is 27.7 Å². The van der Waals surface area contributed by atoms with Crippen LogP contribution in [0.4, 0.5) is 0 Å². The Bertz CT molecular complexity index is 556. The Balaban J connectivity index is 1.82. The third-order valence-electron chi connectivity index (χ3n) is 6.61. The van der Waals surface area contributed by atoms with Crippen LogP contribution in [0.3, 0.4) is 0 Å². The predicted octanol–water partition coefficient (Wildman–Crippen LogP) is 3.11. The largest absolute Gasteiger partial charge is 0.293 e. The van der Waals surface area contributed by atoms with E-state index in [0.29, 0.717) is 0 Å². The second-order valence-electron chi connectivity index (χ2n) is 8.71. The topological polar surface area (TPSA) is 13.0 Å². The van der Waals surface area contributed by atoms with Crippen LogP contribution in [0.15, 0.2) is 0 Å². The number of hydrogen-bond donors (Lipinski definition) is 0. The lowest BCUT2D eigenvalue weighted by molar-refractivity contribution is 0.0999. The van der Waals surface area contributed by atoms with Gasteiger partial charge in [0.1, 0.15) is 0 Å². The molecule has 0 radical (unpaired) electrons. The summed E-state index contributed by atoms with van der Waals surface area (Å²) in [4.78, 5) is 10.1. The summed E-state index contributed by atoms with van der Waals surface area (Å²) in [6.07, 6.45) is 2.57. The van der Waals surface area contributed by atoms with Gasteiger partial charge in [0.05, 0.1) is 13.3 Å². The van der Waals surface area contributed by atoms with Crippen molar-refractivity contribution in [2.75, 3.05) is 53.6 Å². The second-order valence-corrected chi connectivity index (χ2v) is 8.71. The van der Waals surface area contributed by atoms with E-state index in [0.717, 1.165) is 26.4 Å². The van der Waals surface area contributed by atoms with Gasteiger partial charge in [-0.05, 0) is 88.0 Å². The first-order chi connectivity index (χ1) is 12.4. The summed E-state index contributed by atoms with van der Waals surface area (Å²) in [5, 5.41) is 0. The fourth-order valence-electron chi connectivity index (χ4n) is 4.74. The molecule has 0 bridgehead atoms. The molecule has 0 amide bonds. The third-order valence-corrected chi connectivity index (χ3v) is 6.61. The average Bonchev–Trinajstić information content (AvgIpc) is 2.61. The van der Waals surface area contributed by atoms with Gasteiger partial charge in [0, 0.05) is 39.3 Å². The van der Waals surface area contributed by atoms with Gasteiger partial charge in [-0.2, -0.15) is 0 Å². The highest BCUT2D eigenvalue weighted by atomic mass is 15.3. The maximum Gasteiger partial charge on any atom is 0.0506 e. The van der Waals surface area contributed by atoms with E-state index >= 15 is 0 Å². The van der Waals surface area contributed by atoms with Crippen LogP contribution in [0.1, 0.15) is 46.2 Å². The van der Waals surface area contributed by atoms with Gasteiger partial charge in [-0.15, -0.1) is 0 Å². The summed E-state index contributed by atoms with van der Waals surface area (Å²) in [6, 6.07) is 0. The van der Waals surface area contributed by atoms with E-state index in [4.69, 9.17) is 0 Å². The minimum Gasteiger partial charge on any atom is -0.293 e. The fraction of sp³-hybridized carbons (Fsp3) is 0.727. The molecule has 2 aliphatic heterocycles. The van der Waals surface area contributed by atoms with Crippen molar-refractivity contribution in [2.24, 2.45) is 0 Å². The molecular formula is C22H38N4. The van der Waals surface area contributed by atoms with Gasteiger partial charge in [0.25, 0.3) is 0 Å². The van der Waals surface area contributed by atoms with Crippen molar-refractivity contribution < 1.29 is 0 Å². The molecular weight excluding hydrogens is 320 g/mol. The van der Waals surface area contributed by atoms with Crippen LogP contribution in [0.5, 0.6) is 0 Å². The summed E-state index contributed by atoms with van der Waals surface area (Å²) >= 11 is 0. The Labute approximate surface area is 160 Å². The summed E-state index contributed by atoms with van der Waals surface area (Å²) < 4.78 is 0. The number of benzene rings is 1. The molecule has 0 aromatic heterocycles. The van der Waals surface area contributed by atoms with Gasteiger partial charge in [-0.1, -0.05) is 0 Å². The van der Waals surface area contributed by atoms with Crippen molar-refractivity contribution in [1.29, 1.82) is 0 Å². The SMILES string of the molecule is Cc1c(C)c(CN2CCCN(C)C2)c(C)c(C)c1CN1CCCN(C)C1. The molecule has 0 spiro atoms. The fourth-order valence-corrected chi connectivity index (χ4v) is 4.74. The van der Waals surface area contributed by atoms with Gasteiger partial charge in [-0.25, -0.2) is 0 Å². The molecule has 4 heteroatoms. The van der Waals surface area contributed by atoms with Gasteiger partial charge < -0.3 is 0 Å². The molecule has 0 atom stereocenters. The van der Waals surface area contributed by atoms with Gasteiger partial charge in [-0.3, -0.25) is 19.6 Å². The van der Waals surface area contributed by atoms with Crippen LogP contribution in [-0.2, 0) is 13.1 Å². The zero-order valence-corrected chi connectivity index (χ0v) is 17.9. The molecule has 0 saturated carbocycles. The highest BCUT2D eigenvalue weighted by Crippen LogP contribution is 2.29. The highest BCUT2D eigenvalue weighted by molar-refractivity contribution is 5.50. The maximum absolute atomic E-state index is 2.61. The number of nitrogens with zero attached hydrogens (tertiary/aromatic N) is 4. The molecule has 2 fully saturated rings. The van der Waals surface area contributed by atoms with E-state index in [1.54, 1.807) is 11.1 Å². The molecule has 26 heavy (non-hydrogen) atoms. The zero-order chi connectivity index (χ0) is 18.8. The summed E-state index contributed by atoms with van der Waals surface area (Å²) in [6.45, 7) is 18.7. The number of hydrogen-bond acceptors (Lipinski definition) is 4. The van der Waals surface area contributed by atoms with Gasteiger partial charge in [0.15, 0.2) is 0 Å². The third kappa shape index (κ3) is 4.30. The van der Waals surface area contributed by atoms with Gasteiger partial charge in [0.2, 0.25) is 0 Å². The quantitative estimate of drug-likeness (QED) is 0.820. The minimum atomic E-state index is 1.09. The monoisotopic (exact) mass is 358 g/mol. The predicted molar refractivity (Wildman–Crippen MR) is 110 cm³/mol. The van der Waals surface area contributed by atoms with Crippen molar-refractivity contribution in [3.8, 4) is 0 Å². The molecule has 2 heterocycles. The summed E-state index contributed by atoms with van der Waals surface area (Å²) in [5.74, 6) is 0. The van der Waals surface area contributed by atoms with Crippen LogP contribution >= 0.6 is 0 Å². The number of rotatable bonds is 4. The van der Waals surface area contributed by atoms with Crippen molar-refractivity contribution in [1.82, 2.24) is 19.6 Å². The lowest BCUT2D eigenvalue weighted by Crippen LogP contribution is -2.43. The molecule has 4 nitrogen and oxygen atoms in total. The Hall–Kier alpha value is -0.940. The molecule has 1 aromatic carbocycles. The summed E-state index contributed by atoms with van der Waals surface area (Å²) in [7, 11) is 4.47. The Morgan fingerprint density at radius 3 is 1.23 bits per heavy atom. The maximum atomic E-state index is 2.61. The molecule has 0 unspecified atom stereocenters. The Morgan fingerprint density at radius 1 is 0.577 bits per heavy atom. The lowest BCUT2D eigenvalue weighted by atomic mass is 9.88. The van der Waals surface area contributed by atoms with E-state index in [1.807, 2.05) is 0 Å². The first-order valence-corrected chi connectivity index (χ1v) is 10.3. The van der Waals surface area contributed by atoms with E-state index in [-0.39, 0.29) is 0 Å². The van der Waals surface area contributed by atoms with Crippen molar-refractivity contribution in [2.45, 2.75) is 53.6 Å². The smallest absolute Gasteiger partial charge is 0.0506 e. The zero-order valence-electron chi connectivity index (χ0n) is 17.9. The van der Waals surface area contributed by atoms with E-state index in [1.165, 1.54) is 61.3 Å². The molecule has 2 aliphatic rings. The first-order valence-electron chi connectivity index (χ1n) is 10.3. The Morgan fingerprint density at radius 2 is 0.923 bits per heavy atom. The molecule has 146 valence electrons. The van der Waals surface area contributed by atoms with Crippen LogP contribution in [-0.4, -0.2) is 73.2 Å². The van der Waals surface area contributed by atoms with Crippen LogP contribution in [0.25, 0.3) is 0 Å².